The van der Waals surface area contributed by atoms with Crippen LogP contribution in [0.2, 0.25) is 0 Å². The van der Waals surface area contributed by atoms with Gasteiger partial charge in [0.2, 0.25) is 0 Å². The average molecular weight is 235 g/mol. The minimum absolute atomic E-state index is 0.0858. The third-order valence-corrected chi connectivity index (χ3v) is 3.26. The molecule has 0 bridgehead atoms. The first-order valence-corrected chi connectivity index (χ1v) is 5.88. The highest BCUT2D eigenvalue weighted by molar-refractivity contribution is 5.43. The smallest absolute Gasteiger partial charge is 0.276 e. The maximum atomic E-state index is 14.0. The van der Waals surface area contributed by atoms with E-state index in [1.54, 1.807) is 0 Å². The van der Waals surface area contributed by atoms with Crippen molar-refractivity contribution in [3.63, 3.8) is 0 Å². The highest BCUT2D eigenvalue weighted by Crippen LogP contribution is 2.40. The van der Waals surface area contributed by atoms with Crippen molar-refractivity contribution in [3.05, 3.63) is 33.6 Å². The van der Waals surface area contributed by atoms with Crippen LogP contribution in [0.3, 0.4) is 0 Å². The number of rotatable bonds is 2. The van der Waals surface area contributed by atoms with E-state index in [4.69, 9.17) is 0 Å². The first-order valence-electron chi connectivity index (χ1n) is 5.88. The van der Waals surface area contributed by atoms with Gasteiger partial charge in [-0.05, 0) is 18.8 Å². The summed E-state index contributed by atoms with van der Waals surface area (Å²) in [5.41, 5.74) is 1.04. The van der Waals surface area contributed by atoms with E-state index in [1.165, 1.54) is 10.7 Å². The Hall–Kier alpha value is -1.65. The summed E-state index contributed by atoms with van der Waals surface area (Å²) >= 11 is 0. The van der Waals surface area contributed by atoms with Crippen molar-refractivity contribution in [2.75, 3.05) is 0 Å². The van der Waals surface area contributed by atoms with Gasteiger partial charge in [0.15, 0.2) is 11.5 Å². The predicted molar refractivity (Wildman–Crippen MR) is 61.8 cm³/mol. The molecule has 0 radical (unpaired) electrons. The predicted octanol–water partition coefficient (Wildman–Crippen LogP) is 2.16. The monoisotopic (exact) mass is 235 g/mol. The van der Waals surface area contributed by atoms with E-state index in [-0.39, 0.29) is 28.9 Å². The van der Waals surface area contributed by atoms with Crippen molar-refractivity contribution < 1.29 is 4.39 Å². The Labute approximate surface area is 97.5 Å². The molecule has 0 amide bonds. The van der Waals surface area contributed by atoms with E-state index in [1.807, 2.05) is 13.8 Å². The van der Waals surface area contributed by atoms with Crippen LogP contribution in [0.5, 0.6) is 0 Å². The topological polar surface area (TPSA) is 50.2 Å². The van der Waals surface area contributed by atoms with E-state index in [0.29, 0.717) is 11.3 Å². The van der Waals surface area contributed by atoms with Crippen molar-refractivity contribution in [1.29, 1.82) is 0 Å². The van der Waals surface area contributed by atoms with Crippen LogP contribution >= 0.6 is 0 Å². The van der Waals surface area contributed by atoms with Crippen molar-refractivity contribution in [3.8, 4) is 0 Å². The molecule has 1 aliphatic carbocycles. The van der Waals surface area contributed by atoms with Crippen LogP contribution in [0, 0.1) is 5.82 Å². The third-order valence-electron chi connectivity index (χ3n) is 3.26. The lowest BCUT2D eigenvalue weighted by molar-refractivity contribution is 0.617. The van der Waals surface area contributed by atoms with E-state index in [9.17, 15) is 9.18 Å². The van der Waals surface area contributed by atoms with E-state index < -0.39 is 0 Å². The van der Waals surface area contributed by atoms with Gasteiger partial charge in [-0.1, -0.05) is 13.8 Å². The van der Waals surface area contributed by atoms with Gasteiger partial charge in [-0.3, -0.25) is 9.89 Å². The van der Waals surface area contributed by atoms with Crippen molar-refractivity contribution in [1.82, 2.24) is 14.6 Å². The molecule has 5 heteroatoms. The van der Waals surface area contributed by atoms with E-state index in [2.05, 4.69) is 10.1 Å². The lowest BCUT2D eigenvalue weighted by Gasteiger charge is -2.02. The molecule has 1 fully saturated rings. The molecule has 90 valence electrons. The van der Waals surface area contributed by atoms with Gasteiger partial charge < -0.3 is 0 Å². The SMILES string of the molecule is CC(C)c1cnc2c(F)c(C3CC3)[nH]n2c1=O. The van der Waals surface area contributed by atoms with Gasteiger partial charge in [-0.25, -0.2) is 9.37 Å². The number of hydrogen-bond acceptors (Lipinski definition) is 2. The second kappa shape index (κ2) is 3.42. The lowest BCUT2D eigenvalue weighted by atomic mass is 10.1. The molecule has 1 aliphatic rings. The zero-order chi connectivity index (χ0) is 12.2. The minimum Gasteiger partial charge on any atom is -0.290 e. The molecule has 2 heterocycles. The molecule has 3 rings (SSSR count). The minimum atomic E-state index is -0.375. The van der Waals surface area contributed by atoms with Crippen LogP contribution in [0.1, 0.15) is 49.8 Å². The van der Waals surface area contributed by atoms with Gasteiger partial charge >= 0.3 is 0 Å². The summed E-state index contributed by atoms with van der Waals surface area (Å²) in [6.07, 6.45) is 3.45. The van der Waals surface area contributed by atoms with Crippen LogP contribution < -0.4 is 5.56 Å². The Bertz CT molecular complexity index is 637. The molecule has 0 aromatic carbocycles. The van der Waals surface area contributed by atoms with Crippen LogP contribution in [-0.4, -0.2) is 14.6 Å². The standard InChI is InChI=1S/C12H14FN3O/c1-6(2)8-5-14-11-9(13)10(7-3-4-7)15-16(11)12(8)17/h5-7,15H,3-4H2,1-2H3. The first-order chi connectivity index (χ1) is 8.09. The Kier molecular flexibility index (Phi) is 2.11. The molecule has 0 atom stereocenters. The summed E-state index contributed by atoms with van der Waals surface area (Å²) in [6.45, 7) is 3.85. The van der Waals surface area contributed by atoms with Crippen LogP contribution in [-0.2, 0) is 0 Å². The molecule has 0 spiro atoms. The summed E-state index contributed by atoms with van der Waals surface area (Å²) in [7, 11) is 0. The fourth-order valence-corrected chi connectivity index (χ4v) is 2.06. The third kappa shape index (κ3) is 1.49. The molecule has 1 N–H and O–H groups in total. The molecule has 0 saturated heterocycles. The molecule has 17 heavy (non-hydrogen) atoms. The number of aromatic nitrogens is 3. The molecule has 1 saturated carbocycles. The van der Waals surface area contributed by atoms with Crippen molar-refractivity contribution in [2.45, 2.75) is 38.5 Å². The molecular formula is C12H14FN3O. The quantitative estimate of drug-likeness (QED) is 0.867. The fraction of sp³-hybridized carbons (Fsp3) is 0.500. The Morgan fingerprint density at radius 1 is 1.53 bits per heavy atom. The average Bonchev–Trinajstić information content (AvgIpc) is 3.05. The second-order valence-corrected chi connectivity index (χ2v) is 4.95. The summed E-state index contributed by atoms with van der Waals surface area (Å²) in [5.74, 6) is -0.0545. The second-order valence-electron chi connectivity index (χ2n) is 4.95. The highest BCUT2D eigenvalue weighted by atomic mass is 19.1. The number of H-pyrrole nitrogens is 1. The molecular weight excluding hydrogens is 221 g/mol. The number of nitrogens with one attached hydrogen (secondary N) is 1. The normalized spacial score (nSPS) is 16.0. The summed E-state index contributed by atoms with van der Waals surface area (Å²) in [5, 5.41) is 2.86. The molecule has 0 unspecified atom stereocenters. The number of aromatic amines is 1. The van der Waals surface area contributed by atoms with E-state index >= 15 is 0 Å². The van der Waals surface area contributed by atoms with E-state index in [0.717, 1.165) is 12.8 Å². The first kappa shape index (κ1) is 10.5. The molecule has 4 nitrogen and oxygen atoms in total. The molecule has 0 aliphatic heterocycles. The molecule has 2 aromatic heterocycles. The maximum Gasteiger partial charge on any atom is 0.276 e. The van der Waals surface area contributed by atoms with Crippen LogP contribution in [0.25, 0.3) is 5.65 Å². The van der Waals surface area contributed by atoms with Crippen molar-refractivity contribution >= 4 is 5.65 Å². The number of nitrogens with zero attached hydrogens (tertiary/aromatic N) is 2. The van der Waals surface area contributed by atoms with Gasteiger partial charge in [0.25, 0.3) is 5.56 Å². The van der Waals surface area contributed by atoms with Crippen molar-refractivity contribution in [2.24, 2.45) is 0 Å². The van der Waals surface area contributed by atoms with Gasteiger partial charge in [0.1, 0.15) is 0 Å². The summed E-state index contributed by atoms with van der Waals surface area (Å²) in [4.78, 5) is 16.2. The van der Waals surface area contributed by atoms with Gasteiger partial charge in [0.05, 0.1) is 5.69 Å². The summed E-state index contributed by atoms with van der Waals surface area (Å²) < 4.78 is 15.2. The molecule has 2 aromatic rings. The van der Waals surface area contributed by atoms with Gasteiger partial charge in [0, 0.05) is 17.7 Å². The fourth-order valence-electron chi connectivity index (χ4n) is 2.06. The Morgan fingerprint density at radius 2 is 2.24 bits per heavy atom. The zero-order valence-electron chi connectivity index (χ0n) is 9.83. The maximum absolute atomic E-state index is 14.0. The lowest BCUT2D eigenvalue weighted by Crippen LogP contribution is -2.20. The Morgan fingerprint density at radius 3 is 2.82 bits per heavy atom. The number of fused-ring (bicyclic) bond motifs is 1. The van der Waals surface area contributed by atoms with Crippen LogP contribution in [0.15, 0.2) is 11.0 Å². The van der Waals surface area contributed by atoms with Gasteiger partial charge in [-0.2, -0.15) is 4.52 Å². The largest absolute Gasteiger partial charge is 0.290 e. The zero-order valence-corrected chi connectivity index (χ0v) is 9.83. The number of hydrogen-bond donors (Lipinski definition) is 1. The highest BCUT2D eigenvalue weighted by Gasteiger charge is 2.30. The Balaban J connectivity index is 2.29. The van der Waals surface area contributed by atoms with Gasteiger partial charge in [-0.15, -0.1) is 0 Å². The number of halogens is 1. The summed E-state index contributed by atoms with van der Waals surface area (Å²) in [6, 6.07) is 0. The van der Waals surface area contributed by atoms with Crippen LogP contribution in [0.4, 0.5) is 4.39 Å².